The molecule has 0 spiro atoms. The standard InChI is InChI=1S/C14H19N3O2/c1-17(8-10-3-2-6-18-9-10)14-16-12-5-4-11(15)7-13(12)19-14/h4-5,7,10H,2-3,6,8-9,15H2,1H3. The monoisotopic (exact) mass is 261 g/mol. The number of nitrogens with zero attached hydrogens (tertiary/aromatic N) is 2. The molecule has 0 radical (unpaired) electrons. The van der Waals surface area contributed by atoms with E-state index in [-0.39, 0.29) is 0 Å². The van der Waals surface area contributed by atoms with Crippen molar-refractivity contribution in [1.82, 2.24) is 4.98 Å². The van der Waals surface area contributed by atoms with Crippen molar-refractivity contribution in [2.75, 3.05) is 37.4 Å². The van der Waals surface area contributed by atoms with E-state index < -0.39 is 0 Å². The maximum Gasteiger partial charge on any atom is 0.298 e. The number of fused-ring (bicyclic) bond motifs is 1. The van der Waals surface area contributed by atoms with Crippen molar-refractivity contribution in [2.45, 2.75) is 12.8 Å². The predicted octanol–water partition coefficient (Wildman–Crippen LogP) is 2.27. The van der Waals surface area contributed by atoms with Gasteiger partial charge in [-0.25, -0.2) is 0 Å². The van der Waals surface area contributed by atoms with Crippen molar-refractivity contribution < 1.29 is 9.15 Å². The molecule has 0 aliphatic carbocycles. The number of anilines is 2. The molecule has 5 nitrogen and oxygen atoms in total. The summed E-state index contributed by atoms with van der Waals surface area (Å²) in [6.07, 6.45) is 2.35. The minimum Gasteiger partial charge on any atom is -0.423 e. The molecule has 1 saturated heterocycles. The van der Waals surface area contributed by atoms with Crippen LogP contribution in [0.5, 0.6) is 0 Å². The second kappa shape index (κ2) is 5.09. The van der Waals surface area contributed by atoms with Crippen LogP contribution in [0.4, 0.5) is 11.7 Å². The van der Waals surface area contributed by atoms with Gasteiger partial charge in [-0.05, 0) is 25.0 Å². The van der Waals surface area contributed by atoms with E-state index in [4.69, 9.17) is 14.9 Å². The lowest BCUT2D eigenvalue weighted by Crippen LogP contribution is -2.30. The van der Waals surface area contributed by atoms with Crippen LogP contribution >= 0.6 is 0 Å². The Kier molecular flexibility index (Phi) is 3.29. The average Bonchev–Trinajstić information content (AvgIpc) is 2.83. The lowest BCUT2D eigenvalue weighted by atomic mass is 10.0. The number of nitrogen functional groups attached to an aromatic ring is 1. The first-order chi connectivity index (χ1) is 9.22. The van der Waals surface area contributed by atoms with Gasteiger partial charge in [0.15, 0.2) is 5.58 Å². The molecule has 1 aliphatic rings. The molecule has 0 amide bonds. The van der Waals surface area contributed by atoms with Crippen LogP contribution in [0.3, 0.4) is 0 Å². The van der Waals surface area contributed by atoms with Crippen LogP contribution in [0.15, 0.2) is 22.6 Å². The highest BCUT2D eigenvalue weighted by molar-refractivity contribution is 5.78. The molecular weight excluding hydrogens is 242 g/mol. The van der Waals surface area contributed by atoms with Gasteiger partial charge in [-0.2, -0.15) is 4.98 Å². The van der Waals surface area contributed by atoms with E-state index in [2.05, 4.69) is 9.88 Å². The molecule has 1 fully saturated rings. The molecule has 2 aromatic rings. The van der Waals surface area contributed by atoms with Gasteiger partial charge in [-0.15, -0.1) is 0 Å². The van der Waals surface area contributed by atoms with E-state index in [0.717, 1.165) is 37.3 Å². The summed E-state index contributed by atoms with van der Waals surface area (Å²) in [4.78, 5) is 6.53. The van der Waals surface area contributed by atoms with Crippen LogP contribution < -0.4 is 10.6 Å². The molecule has 1 aliphatic heterocycles. The molecule has 1 aromatic carbocycles. The number of rotatable bonds is 3. The number of oxazole rings is 1. The second-order valence-corrected chi connectivity index (χ2v) is 5.19. The van der Waals surface area contributed by atoms with E-state index in [1.54, 1.807) is 0 Å². The van der Waals surface area contributed by atoms with Gasteiger partial charge in [0.05, 0.1) is 6.61 Å². The van der Waals surface area contributed by atoms with Crippen LogP contribution in [0.2, 0.25) is 0 Å². The Morgan fingerprint density at radius 3 is 3.16 bits per heavy atom. The lowest BCUT2D eigenvalue weighted by molar-refractivity contribution is 0.0573. The van der Waals surface area contributed by atoms with Crippen LogP contribution in [0.25, 0.3) is 11.1 Å². The summed E-state index contributed by atoms with van der Waals surface area (Å²) in [7, 11) is 2.00. The van der Waals surface area contributed by atoms with E-state index in [0.29, 0.717) is 17.6 Å². The smallest absolute Gasteiger partial charge is 0.298 e. The Balaban J connectivity index is 1.75. The minimum atomic E-state index is 0.554. The normalized spacial score (nSPS) is 19.7. The lowest BCUT2D eigenvalue weighted by Gasteiger charge is -2.26. The number of nitrogens with two attached hydrogens (primary N) is 1. The maximum absolute atomic E-state index is 5.75. The van der Waals surface area contributed by atoms with Gasteiger partial charge in [-0.1, -0.05) is 0 Å². The summed E-state index contributed by atoms with van der Waals surface area (Å²) in [6.45, 7) is 2.63. The molecule has 3 rings (SSSR count). The van der Waals surface area contributed by atoms with E-state index in [9.17, 15) is 0 Å². The Hall–Kier alpha value is -1.75. The summed E-state index contributed by atoms with van der Waals surface area (Å²) in [5, 5.41) is 0. The van der Waals surface area contributed by atoms with E-state index in [1.165, 1.54) is 6.42 Å². The summed E-state index contributed by atoms with van der Waals surface area (Å²) < 4.78 is 11.2. The van der Waals surface area contributed by atoms with Gasteiger partial charge >= 0.3 is 0 Å². The van der Waals surface area contributed by atoms with Gasteiger partial charge in [-0.3, -0.25) is 0 Å². The Bertz CT molecular complexity index is 561. The van der Waals surface area contributed by atoms with Crippen molar-refractivity contribution in [3.63, 3.8) is 0 Å². The molecule has 102 valence electrons. The maximum atomic E-state index is 5.75. The zero-order chi connectivity index (χ0) is 13.2. The Labute approximate surface area is 112 Å². The fourth-order valence-corrected chi connectivity index (χ4v) is 2.51. The molecule has 1 unspecified atom stereocenters. The van der Waals surface area contributed by atoms with E-state index in [1.807, 2.05) is 25.2 Å². The van der Waals surface area contributed by atoms with Crippen LogP contribution in [0.1, 0.15) is 12.8 Å². The molecule has 1 aromatic heterocycles. The van der Waals surface area contributed by atoms with Crippen molar-refractivity contribution in [3.05, 3.63) is 18.2 Å². The third kappa shape index (κ3) is 2.66. The second-order valence-electron chi connectivity index (χ2n) is 5.19. The zero-order valence-electron chi connectivity index (χ0n) is 11.1. The SMILES string of the molecule is CN(CC1CCCOC1)c1nc2ccc(N)cc2o1. The topological polar surface area (TPSA) is 64.5 Å². The first-order valence-electron chi connectivity index (χ1n) is 6.67. The van der Waals surface area contributed by atoms with Gasteiger partial charge in [0.25, 0.3) is 6.01 Å². The summed E-state index contributed by atoms with van der Waals surface area (Å²) in [5.41, 5.74) is 8.02. The third-order valence-corrected chi connectivity index (χ3v) is 3.51. The van der Waals surface area contributed by atoms with Crippen LogP contribution in [-0.4, -0.2) is 31.8 Å². The predicted molar refractivity (Wildman–Crippen MR) is 75.2 cm³/mol. The minimum absolute atomic E-state index is 0.554. The first-order valence-corrected chi connectivity index (χ1v) is 6.67. The van der Waals surface area contributed by atoms with Gasteiger partial charge < -0.3 is 19.8 Å². The molecule has 1 atom stereocenters. The van der Waals surface area contributed by atoms with Gasteiger partial charge in [0.1, 0.15) is 5.52 Å². The van der Waals surface area contributed by atoms with Crippen molar-refractivity contribution in [1.29, 1.82) is 0 Å². The molecule has 0 saturated carbocycles. The van der Waals surface area contributed by atoms with Gasteiger partial charge in [0.2, 0.25) is 0 Å². The fourth-order valence-electron chi connectivity index (χ4n) is 2.51. The third-order valence-electron chi connectivity index (χ3n) is 3.51. The largest absolute Gasteiger partial charge is 0.423 e. The number of hydrogen-bond acceptors (Lipinski definition) is 5. The Morgan fingerprint density at radius 2 is 2.37 bits per heavy atom. The van der Waals surface area contributed by atoms with Crippen LogP contribution in [-0.2, 0) is 4.74 Å². The summed E-state index contributed by atoms with van der Waals surface area (Å²) in [5.74, 6) is 0.554. The highest BCUT2D eigenvalue weighted by atomic mass is 16.5. The highest BCUT2D eigenvalue weighted by Crippen LogP contribution is 2.24. The summed E-state index contributed by atoms with van der Waals surface area (Å²) >= 11 is 0. The quantitative estimate of drug-likeness (QED) is 0.859. The molecule has 5 heteroatoms. The van der Waals surface area contributed by atoms with Crippen molar-refractivity contribution in [3.8, 4) is 0 Å². The number of ether oxygens (including phenoxy) is 1. The molecular formula is C14H19N3O2. The highest BCUT2D eigenvalue weighted by Gasteiger charge is 2.18. The molecule has 2 heterocycles. The first kappa shape index (κ1) is 12.3. The van der Waals surface area contributed by atoms with E-state index >= 15 is 0 Å². The zero-order valence-corrected chi connectivity index (χ0v) is 11.1. The molecule has 0 bridgehead atoms. The number of aromatic nitrogens is 1. The molecule has 19 heavy (non-hydrogen) atoms. The van der Waals surface area contributed by atoms with Crippen molar-refractivity contribution >= 4 is 22.8 Å². The molecule has 2 N–H and O–H groups in total. The number of benzene rings is 1. The van der Waals surface area contributed by atoms with Gasteiger partial charge in [0, 0.05) is 37.9 Å². The summed E-state index contributed by atoms with van der Waals surface area (Å²) in [6, 6.07) is 6.17. The van der Waals surface area contributed by atoms with Crippen LogP contribution in [0, 0.1) is 5.92 Å². The van der Waals surface area contributed by atoms with Crippen molar-refractivity contribution in [2.24, 2.45) is 5.92 Å². The fraction of sp³-hybridized carbons (Fsp3) is 0.500. The average molecular weight is 261 g/mol. The Morgan fingerprint density at radius 1 is 1.47 bits per heavy atom. The number of hydrogen-bond donors (Lipinski definition) is 1.